The number of nitrogens with one attached hydrogen (secondary N) is 2. The second kappa shape index (κ2) is 11.5. The summed E-state index contributed by atoms with van der Waals surface area (Å²) in [5.41, 5.74) is 1.43. The van der Waals surface area contributed by atoms with Gasteiger partial charge in [0.2, 0.25) is 0 Å². The van der Waals surface area contributed by atoms with Crippen LogP contribution >= 0.6 is 24.0 Å². The number of benzene rings is 2. The summed E-state index contributed by atoms with van der Waals surface area (Å²) in [5.74, 6) is 0.804. The summed E-state index contributed by atoms with van der Waals surface area (Å²) < 4.78 is 24.3. The minimum Gasteiger partial charge on any atom is -0.505 e. The van der Waals surface area contributed by atoms with Gasteiger partial charge in [0.05, 0.1) is 20.3 Å². The Balaban J connectivity index is 0.00000364. The fourth-order valence-electron chi connectivity index (χ4n) is 2.28. The molecule has 0 aliphatic rings. The van der Waals surface area contributed by atoms with Crippen LogP contribution in [0.1, 0.15) is 19.4 Å². The second-order valence-corrected chi connectivity index (χ2v) is 5.40. The number of methoxy groups -OCH3 is 1. The minimum atomic E-state index is -0.660. The van der Waals surface area contributed by atoms with Gasteiger partial charge < -0.3 is 25.2 Å². The van der Waals surface area contributed by atoms with E-state index in [0.29, 0.717) is 36.2 Å². The highest BCUT2D eigenvalue weighted by molar-refractivity contribution is 14.0. The Morgan fingerprint density at radius 3 is 2.56 bits per heavy atom. The molecule has 0 spiro atoms. The molecule has 0 atom stereocenters. The maximum atomic E-state index is 13.4. The van der Waals surface area contributed by atoms with Gasteiger partial charge in [-0.2, -0.15) is 0 Å². The molecule has 0 bridgehead atoms. The smallest absolute Gasteiger partial charge is 0.196 e. The topological polar surface area (TPSA) is 75.1 Å². The Hall–Kier alpha value is -2.23. The van der Waals surface area contributed by atoms with E-state index < -0.39 is 5.82 Å². The molecule has 0 aromatic heterocycles. The number of rotatable bonds is 7. The largest absolute Gasteiger partial charge is 0.505 e. The highest BCUT2D eigenvalue weighted by atomic mass is 127. The molecular weight excluding hydrogens is 464 g/mol. The number of aliphatic imine (C=N–C) groups is 1. The van der Waals surface area contributed by atoms with E-state index in [1.807, 2.05) is 32.0 Å². The third kappa shape index (κ3) is 6.78. The van der Waals surface area contributed by atoms with Crippen LogP contribution in [0.25, 0.3) is 0 Å². The molecule has 0 heterocycles. The Bertz CT molecular complexity index is 772. The van der Waals surface area contributed by atoms with Gasteiger partial charge in [0.25, 0.3) is 0 Å². The molecule has 0 aliphatic heterocycles. The van der Waals surface area contributed by atoms with Crippen molar-refractivity contribution in [3.8, 4) is 17.2 Å². The molecule has 0 aliphatic carbocycles. The number of ether oxygens (including phenoxy) is 2. The Kier molecular flexibility index (Phi) is 9.70. The summed E-state index contributed by atoms with van der Waals surface area (Å²) in [7, 11) is 1.58. The minimum absolute atomic E-state index is 0. The normalized spacial score (nSPS) is 10.7. The van der Waals surface area contributed by atoms with E-state index >= 15 is 0 Å². The first kappa shape index (κ1) is 22.8. The van der Waals surface area contributed by atoms with Gasteiger partial charge >= 0.3 is 0 Å². The molecule has 0 radical (unpaired) electrons. The molecule has 2 aromatic carbocycles. The number of hydrogen-bond donors (Lipinski definition) is 3. The first-order valence-corrected chi connectivity index (χ1v) is 8.40. The molecule has 0 fully saturated rings. The van der Waals surface area contributed by atoms with Crippen LogP contribution in [-0.2, 0) is 6.54 Å². The number of phenols is 1. The van der Waals surface area contributed by atoms with Gasteiger partial charge in [-0.15, -0.1) is 24.0 Å². The van der Waals surface area contributed by atoms with Gasteiger partial charge in [0, 0.05) is 18.3 Å². The third-order valence-electron chi connectivity index (χ3n) is 3.50. The highest BCUT2D eigenvalue weighted by Crippen LogP contribution is 2.30. The van der Waals surface area contributed by atoms with E-state index in [1.54, 1.807) is 13.2 Å². The number of aromatic hydroxyl groups is 1. The Labute approximate surface area is 175 Å². The van der Waals surface area contributed by atoms with Crippen molar-refractivity contribution in [2.75, 3.05) is 25.6 Å². The zero-order valence-electron chi connectivity index (χ0n) is 15.6. The number of nitrogens with zero attached hydrogens (tertiary/aromatic N) is 1. The van der Waals surface area contributed by atoms with Crippen molar-refractivity contribution < 1.29 is 19.0 Å². The van der Waals surface area contributed by atoms with E-state index in [-0.39, 0.29) is 36.3 Å². The lowest BCUT2D eigenvalue weighted by molar-refractivity contribution is 0.311. The van der Waals surface area contributed by atoms with Gasteiger partial charge in [-0.05, 0) is 43.7 Å². The monoisotopic (exact) mass is 489 g/mol. The molecule has 0 saturated carbocycles. The average Bonchev–Trinajstić information content (AvgIpc) is 2.64. The highest BCUT2D eigenvalue weighted by Gasteiger charge is 2.07. The molecule has 8 heteroatoms. The van der Waals surface area contributed by atoms with Crippen LogP contribution < -0.4 is 20.1 Å². The van der Waals surface area contributed by atoms with Crippen molar-refractivity contribution in [3.63, 3.8) is 0 Å². The summed E-state index contributed by atoms with van der Waals surface area (Å²) in [6.07, 6.45) is 0. The van der Waals surface area contributed by atoms with E-state index in [2.05, 4.69) is 15.6 Å². The predicted molar refractivity (Wildman–Crippen MR) is 116 cm³/mol. The first-order valence-electron chi connectivity index (χ1n) is 8.40. The van der Waals surface area contributed by atoms with E-state index in [4.69, 9.17) is 9.47 Å². The van der Waals surface area contributed by atoms with Crippen molar-refractivity contribution in [1.29, 1.82) is 0 Å². The van der Waals surface area contributed by atoms with Crippen LogP contribution in [-0.4, -0.2) is 31.3 Å². The predicted octanol–water partition coefficient (Wildman–Crippen LogP) is 4.13. The van der Waals surface area contributed by atoms with Crippen LogP contribution in [0.2, 0.25) is 0 Å². The maximum absolute atomic E-state index is 13.4. The standard InChI is InChI=1S/C19H24FN3O3.HI/c1-4-21-19(22-12-13-6-8-16(24)15(20)10-13)23-14-7-9-17(26-5-2)18(11-14)25-3;/h6-11,24H,4-5,12H2,1-3H3,(H2,21,22,23);1H. The fraction of sp³-hybridized carbons (Fsp3) is 0.316. The van der Waals surface area contributed by atoms with Gasteiger partial charge in [0.1, 0.15) is 0 Å². The average molecular weight is 489 g/mol. The third-order valence-corrected chi connectivity index (χ3v) is 3.50. The molecule has 0 saturated heterocycles. The fourth-order valence-corrected chi connectivity index (χ4v) is 2.28. The number of phenolic OH excluding ortho intramolecular Hbond substituents is 1. The molecule has 0 unspecified atom stereocenters. The molecule has 148 valence electrons. The lowest BCUT2D eigenvalue weighted by Gasteiger charge is -2.14. The number of guanidine groups is 1. The van der Waals surface area contributed by atoms with Crippen LogP contribution in [0.5, 0.6) is 17.2 Å². The lowest BCUT2D eigenvalue weighted by atomic mass is 10.2. The second-order valence-electron chi connectivity index (χ2n) is 5.40. The lowest BCUT2D eigenvalue weighted by Crippen LogP contribution is -2.30. The molecule has 3 N–H and O–H groups in total. The van der Waals surface area contributed by atoms with Gasteiger partial charge in [-0.1, -0.05) is 6.07 Å². The zero-order valence-corrected chi connectivity index (χ0v) is 17.9. The van der Waals surface area contributed by atoms with E-state index in [1.165, 1.54) is 12.1 Å². The molecule has 6 nitrogen and oxygen atoms in total. The zero-order chi connectivity index (χ0) is 18.9. The Morgan fingerprint density at radius 2 is 1.93 bits per heavy atom. The molecule has 27 heavy (non-hydrogen) atoms. The summed E-state index contributed by atoms with van der Waals surface area (Å²) in [5, 5.41) is 15.6. The summed E-state index contributed by atoms with van der Waals surface area (Å²) in [6.45, 7) is 5.35. The summed E-state index contributed by atoms with van der Waals surface area (Å²) in [4.78, 5) is 4.44. The molecule has 2 aromatic rings. The number of anilines is 1. The van der Waals surface area contributed by atoms with E-state index in [9.17, 15) is 9.50 Å². The Morgan fingerprint density at radius 1 is 1.15 bits per heavy atom. The van der Waals surface area contributed by atoms with E-state index in [0.717, 1.165) is 5.69 Å². The van der Waals surface area contributed by atoms with Crippen LogP contribution in [0.4, 0.5) is 10.1 Å². The van der Waals surface area contributed by atoms with Crippen molar-refractivity contribution >= 4 is 35.6 Å². The molecular formula is C19H25FIN3O3. The summed E-state index contributed by atoms with van der Waals surface area (Å²) >= 11 is 0. The molecule has 0 amide bonds. The van der Waals surface area contributed by atoms with Crippen LogP contribution in [0.3, 0.4) is 0 Å². The maximum Gasteiger partial charge on any atom is 0.196 e. The van der Waals surface area contributed by atoms with Gasteiger partial charge in [-0.25, -0.2) is 9.38 Å². The quantitative estimate of drug-likeness (QED) is 0.310. The summed E-state index contributed by atoms with van der Waals surface area (Å²) in [6, 6.07) is 9.72. The van der Waals surface area contributed by atoms with Crippen molar-refractivity contribution in [2.45, 2.75) is 20.4 Å². The van der Waals surface area contributed by atoms with Gasteiger partial charge in [-0.3, -0.25) is 0 Å². The SMILES string of the molecule is CCNC(=NCc1ccc(O)c(F)c1)Nc1ccc(OCC)c(OC)c1.I. The van der Waals surface area contributed by atoms with Gasteiger partial charge in [0.15, 0.2) is 29.0 Å². The van der Waals surface area contributed by atoms with Crippen molar-refractivity contribution in [2.24, 2.45) is 4.99 Å². The van der Waals surface area contributed by atoms with Crippen molar-refractivity contribution in [1.82, 2.24) is 5.32 Å². The van der Waals surface area contributed by atoms with Crippen LogP contribution in [0, 0.1) is 5.82 Å². The van der Waals surface area contributed by atoms with Crippen LogP contribution in [0.15, 0.2) is 41.4 Å². The number of hydrogen-bond acceptors (Lipinski definition) is 4. The van der Waals surface area contributed by atoms with Crippen molar-refractivity contribution in [3.05, 3.63) is 47.8 Å². The molecule has 2 rings (SSSR count). The number of halogens is 2. The first-order chi connectivity index (χ1) is 12.6.